The van der Waals surface area contributed by atoms with Gasteiger partial charge in [0.2, 0.25) is 0 Å². The Morgan fingerprint density at radius 3 is 1.71 bits per heavy atom. The van der Waals surface area contributed by atoms with Gasteiger partial charge in [-0.25, -0.2) is 17.6 Å². The first-order chi connectivity index (χ1) is 19.9. The van der Waals surface area contributed by atoms with Crippen molar-refractivity contribution >= 4 is 0 Å². The fourth-order valence-electron chi connectivity index (χ4n) is 5.51. The van der Waals surface area contributed by atoms with E-state index in [-0.39, 0.29) is 42.1 Å². The minimum Gasteiger partial charge on any atom is -0.352 e. The molecule has 0 aliphatic carbocycles. The fraction of sp³-hybridized carbons (Fsp3) is 0.486. The Kier molecular flexibility index (Phi) is 11.8. The van der Waals surface area contributed by atoms with E-state index in [1.54, 1.807) is 48.5 Å². The smallest absolute Gasteiger partial charge is 0.166 e. The van der Waals surface area contributed by atoms with Crippen molar-refractivity contribution < 1.29 is 27.0 Å². The van der Waals surface area contributed by atoms with E-state index in [1.807, 2.05) is 6.92 Å². The van der Waals surface area contributed by atoms with E-state index in [0.717, 1.165) is 32.1 Å². The highest BCUT2D eigenvalue weighted by Crippen LogP contribution is 2.34. The second kappa shape index (κ2) is 15.5. The second-order valence-corrected chi connectivity index (χ2v) is 11.1. The van der Waals surface area contributed by atoms with Gasteiger partial charge in [0.25, 0.3) is 0 Å². The monoisotopic (exact) mass is 570 g/mol. The van der Waals surface area contributed by atoms with Gasteiger partial charge in [-0.05, 0) is 41.5 Å². The lowest BCUT2D eigenvalue weighted by atomic mass is 9.94. The van der Waals surface area contributed by atoms with Gasteiger partial charge in [0.15, 0.2) is 29.6 Å². The highest BCUT2D eigenvalue weighted by Gasteiger charge is 2.27. The van der Waals surface area contributed by atoms with Gasteiger partial charge in [-0.15, -0.1) is 0 Å². The van der Waals surface area contributed by atoms with E-state index in [1.165, 1.54) is 32.1 Å². The van der Waals surface area contributed by atoms with Crippen LogP contribution in [0.5, 0.6) is 0 Å². The van der Waals surface area contributed by atoms with Crippen molar-refractivity contribution in [2.24, 2.45) is 0 Å². The number of hydrogen-bond donors (Lipinski definition) is 0. The van der Waals surface area contributed by atoms with Gasteiger partial charge in [0.05, 0.1) is 13.2 Å². The summed E-state index contributed by atoms with van der Waals surface area (Å²) in [6.07, 6.45) is 11.0. The molecular formula is C35H42F4O2. The number of aryl methyl sites for hydroxylation is 1. The summed E-state index contributed by atoms with van der Waals surface area (Å²) in [5, 5.41) is 0. The SMILES string of the molecule is CCCCCCCCCCc1ccc(-c2ccc(-c3ccc(C4COC(CCC)OC4)c(F)c3F)cc2)c(F)c1F. The molecule has 4 rings (SSSR count). The number of ether oxygens (including phenoxy) is 2. The zero-order valence-electron chi connectivity index (χ0n) is 24.3. The second-order valence-electron chi connectivity index (χ2n) is 11.1. The van der Waals surface area contributed by atoms with Crippen LogP contribution in [0.2, 0.25) is 0 Å². The summed E-state index contributed by atoms with van der Waals surface area (Å²) in [5.41, 5.74) is 1.78. The predicted octanol–water partition coefficient (Wildman–Crippen LogP) is 10.5. The molecule has 41 heavy (non-hydrogen) atoms. The molecule has 1 fully saturated rings. The van der Waals surface area contributed by atoms with Gasteiger partial charge in [-0.2, -0.15) is 0 Å². The van der Waals surface area contributed by atoms with Crippen LogP contribution in [-0.2, 0) is 15.9 Å². The van der Waals surface area contributed by atoms with Crippen LogP contribution in [0.4, 0.5) is 17.6 Å². The molecule has 1 saturated heterocycles. The van der Waals surface area contributed by atoms with Crippen LogP contribution in [0.3, 0.4) is 0 Å². The maximum Gasteiger partial charge on any atom is 0.166 e. The molecule has 1 aliphatic heterocycles. The lowest BCUT2D eigenvalue weighted by molar-refractivity contribution is -0.190. The van der Waals surface area contributed by atoms with Crippen molar-refractivity contribution in [3.05, 3.63) is 82.9 Å². The summed E-state index contributed by atoms with van der Waals surface area (Å²) in [6, 6.07) is 12.8. The third-order valence-corrected chi connectivity index (χ3v) is 8.01. The number of benzene rings is 3. The molecule has 0 aromatic heterocycles. The molecule has 0 bridgehead atoms. The maximum absolute atomic E-state index is 15.1. The Hall–Kier alpha value is -2.70. The average molecular weight is 571 g/mol. The van der Waals surface area contributed by atoms with Gasteiger partial charge < -0.3 is 9.47 Å². The highest BCUT2D eigenvalue weighted by molar-refractivity contribution is 5.71. The summed E-state index contributed by atoms with van der Waals surface area (Å²) < 4.78 is 71.4. The normalized spacial score (nSPS) is 17.2. The first kappa shape index (κ1) is 31.2. The summed E-state index contributed by atoms with van der Waals surface area (Å²) in [5.74, 6) is -3.94. The van der Waals surface area contributed by atoms with Crippen molar-refractivity contribution in [2.45, 2.75) is 96.7 Å². The Balaban J connectivity index is 1.39. The lowest BCUT2D eigenvalue weighted by Gasteiger charge is -2.29. The van der Waals surface area contributed by atoms with Crippen molar-refractivity contribution in [3.8, 4) is 22.3 Å². The molecule has 2 nitrogen and oxygen atoms in total. The molecule has 3 aromatic rings. The largest absolute Gasteiger partial charge is 0.352 e. The highest BCUT2D eigenvalue weighted by atomic mass is 19.2. The molecule has 3 aromatic carbocycles. The van der Waals surface area contributed by atoms with Gasteiger partial charge >= 0.3 is 0 Å². The molecule has 222 valence electrons. The van der Waals surface area contributed by atoms with Crippen LogP contribution >= 0.6 is 0 Å². The lowest BCUT2D eigenvalue weighted by Crippen LogP contribution is -2.31. The molecule has 0 unspecified atom stereocenters. The molecule has 6 heteroatoms. The van der Waals surface area contributed by atoms with E-state index in [9.17, 15) is 4.39 Å². The van der Waals surface area contributed by atoms with Crippen LogP contribution < -0.4 is 0 Å². The van der Waals surface area contributed by atoms with Crippen LogP contribution in [0.1, 0.15) is 95.1 Å². The quantitative estimate of drug-likeness (QED) is 0.142. The number of rotatable bonds is 14. The molecule has 1 heterocycles. The minimum atomic E-state index is -0.950. The molecule has 0 N–H and O–H groups in total. The Morgan fingerprint density at radius 1 is 0.585 bits per heavy atom. The zero-order valence-corrected chi connectivity index (χ0v) is 24.3. The zero-order chi connectivity index (χ0) is 29.2. The Morgan fingerprint density at radius 2 is 1.12 bits per heavy atom. The summed E-state index contributed by atoms with van der Waals surface area (Å²) >= 11 is 0. The van der Waals surface area contributed by atoms with Gasteiger partial charge in [-0.1, -0.05) is 114 Å². The first-order valence-electron chi connectivity index (χ1n) is 15.2. The Bertz CT molecular complexity index is 1250. The van der Waals surface area contributed by atoms with Gasteiger partial charge in [0.1, 0.15) is 0 Å². The average Bonchev–Trinajstić information content (AvgIpc) is 2.99. The van der Waals surface area contributed by atoms with Crippen LogP contribution in [0, 0.1) is 23.3 Å². The fourth-order valence-corrected chi connectivity index (χ4v) is 5.51. The van der Waals surface area contributed by atoms with Crippen LogP contribution in [0.15, 0.2) is 48.5 Å². The Labute approximate surface area is 242 Å². The minimum absolute atomic E-state index is 0.103. The van der Waals surface area contributed by atoms with E-state index in [4.69, 9.17) is 9.47 Å². The number of hydrogen-bond acceptors (Lipinski definition) is 2. The van der Waals surface area contributed by atoms with Crippen LogP contribution in [-0.4, -0.2) is 19.5 Å². The summed E-state index contributed by atoms with van der Waals surface area (Å²) in [4.78, 5) is 0. The van der Waals surface area contributed by atoms with Gasteiger partial charge in [-0.3, -0.25) is 0 Å². The van der Waals surface area contributed by atoms with Crippen molar-refractivity contribution in [3.63, 3.8) is 0 Å². The van der Waals surface area contributed by atoms with Crippen molar-refractivity contribution in [2.75, 3.05) is 13.2 Å². The third-order valence-electron chi connectivity index (χ3n) is 8.01. The predicted molar refractivity (Wildman–Crippen MR) is 157 cm³/mol. The molecule has 0 amide bonds. The summed E-state index contributed by atoms with van der Waals surface area (Å²) in [6.45, 7) is 4.77. The first-order valence-corrected chi connectivity index (χ1v) is 15.2. The van der Waals surface area contributed by atoms with E-state index < -0.39 is 23.3 Å². The van der Waals surface area contributed by atoms with Crippen molar-refractivity contribution in [1.29, 1.82) is 0 Å². The number of unbranched alkanes of at least 4 members (excludes halogenated alkanes) is 7. The molecule has 0 spiro atoms. The number of halogens is 4. The standard InChI is InChI=1S/C35H42F4O2/c1-3-5-6-7-8-9-10-11-13-26-18-19-28(33(37)32(26)36)24-14-16-25(17-15-24)29-20-21-30(35(39)34(29)38)27-22-40-31(12-4-2)41-23-27/h14-21,27,31H,3-13,22-23H2,1-2H3. The topological polar surface area (TPSA) is 18.5 Å². The van der Waals surface area contributed by atoms with Crippen molar-refractivity contribution in [1.82, 2.24) is 0 Å². The van der Waals surface area contributed by atoms with Crippen LogP contribution in [0.25, 0.3) is 22.3 Å². The molecular weight excluding hydrogens is 528 g/mol. The molecule has 0 saturated carbocycles. The summed E-state index contributed by atoms with van der Waals surface area (Å²) in [7, 11) is 0. The third kappa shape index (κ3) is 7.98. The van der Waals surface area contributed by atoms with E-state index in [0.29, 0.717) is 23.1 Å². The molecule has 0 radical (unpaired) electrons. The van der Waals surface area contributed by atoms with Gasteiger partial charge in [0, 0.05) is 17.0 Å². The maximum atomic E-state index is 15.1. The molecule has 0 atom stereocenters. The molecule has 1 aliphatic rings. The van der Waals surface area contributed by atoms with E-state index in [2.05, 4.69) is 6.92 Å². The van der Waals surface area contributed by atoms with E-state index >= 15 is 13.2 Å².